The molecule has 1 aromatic heterocycles. The SMILES string of the molecule is CCOc1ccc(/C(O)=C2\C(=O)C(=O)N(CCCn3ccnc3)[C@H]2c2cc(OC)c(OC)c(OC)c2)cc1Cl. The van der Waals surface area contributed by atoms with E-state index in [-0.39, 0.29) is 28.5 Å². The first kappa shape index (κ1) is 27.8. The fourth-order valence-electron chi connectivity index (χ4n) is 4.64. The average molecular weight is 556 g/mol. The Bertz CT molecular complexity index is 1360. The van der Waals surface area contributed by atoms with Gasteiger partial charge >= 0.3 is 0 Å². The number of methoxy groups -OCH3 is 3. The first-order valence-corrected chi connectivity index (χ1v) is 12.7. The number of hydrogen-bond acceptors (Lipinski definition) is 8. The van der Waals surface area contributed by atoms with Crippen molar-refractivity contribution < 1.29 is 33.6 Å². The molecule has 1 N–H and O–H groups in total. The van der Waals surface area contributed by atoms with Crippen LogP contribution in [-0.4, -0.2) is 65.7 Å². The highest BCUT2D eigenvalue weighted by atomic mass is 35.5. The van der Waals surface area contributed by atoms with Gasteiger partial charge in [0, 0.05) is 31.0 Å². The van der Waals surface area contributed by atoms with Crippen molar-refractivity contribution in [2.75, 3.05) is 34.5 Å². The van der Waals surface area contributed by atoms with Crippen LogP contribution in [0, 0.1) is 0 Å². The van der Waals surface area contributed by atoms with Gasteiger partial charge in [-0.2, -0.15) is 0 Å². The minimum atomic E-state index is -0.924. The summed E-state index contributed by atoms with van der Waals surface area (Å²) in [5.74, 6) is -0.387. The second kappa shape index (κ2) is 12.1. The molecule has 11 heteroatoms. The lowest BCUT2D eigenvalue weighted by atomic mass is 9.94. The Morgan fingerprint density at radius 1 is 1.03 bits per heavy atom. The van der Waals surface area contributed by atoms with E-state index in [0.29, 0.717) is 48.1 Å². The monoisotopic (exact) mass is 555 g/mol. The molecule has 10 nitrogen and oxygen atoms in total. The number of ketones is 1. The van der Waals surface area contributed by atoms with Crippen molar-refractivity contribution in [2.45, 2.75) is 25.9 Å². The van der Waals surface area contributed by atoms with E-state index in [4.69, 9.17) is 30.5 Å². The summed E-state index contributed by atoms with van der Waals surface area (Å²) in [5, 5.41) is 11.7. The van der Waals surface area contributed by atoms with Gasteiger partial charge in [0.2, 0.25) is 5.75 Å². The van der Waals surface area contributed by atoms with E-state index in [1.165, 1.54) is 32.3 Å². The molecule has 206 valence electrons. The molecule has 0 bridgehead atoms. The lowest BCUT2D eigenvalue weighted by Gasteiger charge is -2.26. The average Bonchev–Trinajstić information content (AvgIpc) is 3.55. The Morgan fingerprint density at radius 3 is 2.31 bits per heavy atom. The van der Waals surface area contributed by atoms with Crippen LogP contribution in [0.5, 0.6) is 23.0 Å². The lowest BCUT2D eigenvalue weighted by Crippen LogP contribution is -2.31. The maximum Gasteiger partial charge on any atom is 0.295 e. The third-order valence-electron chi connectivity index (χ3n) is 6.42. The fourth-order valence-corrected chi connectivity index (χ4v) is 4.87. The third kappa shape index (κ3) is 5.51. The summed E-state index contributed by atoms with van der Waals surface area (Å²) >= 11 is 6.36. The molecule has 0 saturated carbocycles. The molecule has 0 unspecified atom stereocenters. The number of amides is 1. The van der Waals surface area contributed by atoms with E-state index < -0.39 is 17.7 Å². The largest absolute Gasteiger partial charge is 0.507 e. The van der Waals surface area contributed by atoms with Crippen LogP contribution in [0.1, 0.15) is 30.5 Å². The van der Waals surface area contributed by atoms with Crippen LogP contribution >= 0.6 is 11.6 Å². The Labute approximate surface area is 231 Å². The van der Waals surface area contributed by atoms with Crippen LogP contribution in [-0.2, 0) is 16.1 Å². The molecule has 1 amide bonds. The Morgan fingerprint density at radius 2 is 1.74 bits per heavy atom. The number of carbonyl (C=O) groups is 2. The van der Waals surface area contributed by atoms with E-state index in [1.807, 2.05) is 17.7 Å². The highest BCUT2D eigenvalue weighted by Crippen LogP contribution is 2.46. The van der Waals surface area contributed by atoms with Gasteiger partial charge in [-0.25, -0.2) is 4.98 Å². The predicted molar refractivity (Wildman–Crippen MR) is 145 cm³/mol. The van der Waals surface area contributed by atoms with Crippen LogP contribution in [0.15, 0.2) is 54.6 Å². The van der Waals surface area contributed by atoms with Gasteiger partial charge in [0.1, 0.15) is 11.5 Å². The van der Waals surface area contributed by atoms with Crippen molar-refractivity contribution in [1.29, 1.82) is 0 Å². The Kier molecular flexibility index (Phi) is 8.65. The minimum absolute atomic E-state index is 0.0721. The second-order valence-electron chi connectivity index (χ2n) is 8.68. The van der Waals surface area contributed by atoms with Gasteiger partial charge in [-0.15, -0.1) is 0 Å². The third-order valence-corrected chi connectivity index (χ3v) is 6.72. The highest BCUT2D eigenvalue weighted by Gasteiger charge is 2.46. The first-order valence-electron chi connectivity index (χ1n) is 12.3. The number of aryl methyl sites for hydroxylation is 1. The van der Waals surface area contributed by atoms with Crippen LogP contribution in [0.25, 0.3) is 5.76 Å². The highest BCUT2D eigenvalue weighted by molar-refractivity contribution is 6.46. The summed E-state index contributed by atoms with van der Waals surface area (Å²) in [4.78, 5) is 32.3. The van der Waals surface area contributed by atoms with Crippen molar-refractivity contribution in [3.8, 4) is 23.0 Å². The van der Waals surface area contributed by atoms with Gasteiger partial charge in [0.05, 0.1) is 50.9 Å². The molecular weight excluding hydrogens is 526 g/mol. The Balaban J connectivity index is 1.84. The first-order chi connectivity index (χ1) is 18.8. The number of Topliss-reactive ketones (excluding diaryl/α,β-unsaturated/α-hetero) is 1. The van der Waals surface area contributed by atoms with Crippen molar-refractivity contribution in [3.05, 3.63) is 70.8 Å². The maximum absolute atomic E-state index is 13.4. The predicted octanol–water partition coefficient (Wildman–Crippen LogP) is 4.47. The summed E-state index contributed by atoms with van der Waals surface area (Å²) in [6, 6.07) is 7.10. The topological polar surface area (TPSA) is 112 Å². The van der Waals surface area contributed by atoms with Crippen molar-refractivity contribution in [2.24, 2.45) is 0 Å². The zero-order valence-corrected chi connectivity index (χ0v) is 22.9. The van der Waals surface area contributed by atoms with E-state index in [2.05, 4.69) is 4.98 Å². The number of likely N-dealkylation sites (tertiary alicyclic amines) is 1. The molecule has 0 aliphatic carbocycles. The molecule has 39 heavy (non-hydrogen) atoms. The second-order valence-corrected chi connectivity index (χ2v) is 9.09. The molecule has 2 aromatic carbocycles. The number of nitrogens with zero attached hydrogens (tertiary/aromatic N) is 3. The molecule has 0 radical (unpaired) electrons. The van der Waals surface area contributed by atoms with E-state index in [0.717, 1.165) is 0 Å². The standard InChI is InChI=1S/C28H30ClN3O7/c1-5-39-20-8-7-17(13-19(20)29)25(33)23-24(18-14-21(36-2)27(38-4)22(15-18)37-3)32(28(35)26(23)34)11-6-10-31-12-9-30-16-31/h7-9,12-16,24,33H,5-6,10-11H2,1-4H3/b25-23+/t24-/m0/s1. The summed E-state index contributed by atoms with van der Waals surface area (Å²) in [6.45, 7) is 3.07. The lowest BCUT2D eigenvalue weighted by molar-refractivity contribution is -0.139. The number of aliphatic hydroxyl groups is 1. The molecule has 1 atom stereocenters. The molecule has 2 heterocycles. The van der Waals surface area contributed by atoms with Gasteiger partial charge in [-0.3, -0.25) is 9.59 Å². The Hall–Kier alpha value is -4.18. The zero-order valence-electron chi connectivity index (χ0n) is 22.1. The van der Waals surface area contributed by atoms with Gasteiger partial charge in [0.25, 0.3) is 11.7 Å². The van der Waals surface area contributed by atoms with Gasteiger partial charge in [-0.05, 0) is 49.2 Å². The maximum atomic E-state index is 13.4. The molecule has 1 aliphatic rings. The van der Waals surface area contributed by atoms with Crippen molar-refractivity contribution in [1.82, 2.24) is 14.5 Å². The molecule has 3 aromatic rings. The molecule has 1 saturated heterocycles. The number of benzene rings is 2. The van der Waals surface area contributed by atoms with Gasteiger partial charge < -0.3 is 33.5 Å². The van der Waals surface area contributed by atoms with E-state index in [1.54, 1.807) is 36.8 Å². The van der Waals surface area contributed by atoms with Crippen LogP contribution < -0.4 is 18.9 Å². The fraction of sp³-hybridized carbons (Fsp3) is 0.321. The van der Waals surface area contributed by atoms with Crippen LogP contribution in [0.4, 0.5) is 0 Å². The van der Waals surface area contributed by atoms with Crippen molar-refractivity contribution >= 4 is 29.1 Å². The summed E-state index contributed by atoms with van der Waals surface area (Å²) < 4.78 is 23.8. The number of imidazole rings is 1. The zero-order chi connectivity index (χ0) is 28.1. The van der Waals surface area contributed by atoms with E-state index in [9.17, 15) is 14.7 Å². The molecule has 4 rings (SSSR count). The molecule has 0 spiro atoms. The normalized spacial score (nSPS) is 16.4. The van der Waals surface area contributed by atoms with Crippen LogP contribution in [0.3, 0.4) is 0 Å². The number of halogens is 1. The quantitative estimate of drug-likeness (QED) is 0.209. The molecular formula is C28H30ClN3O7. The number of aromatic nitrogens is 2. The van der Waals surface area contributed by atoms with Crippen LogP contribution in [0.2, 0.25) is 5.02 Å². The smallest absolute Gasteiger partial charge is 0.295 e. The summed E-state index contributed by atoms with van der Waals surface area (Å²) in [5.41, 5.74) is 0.708. The summed E-state index contributed by atoms with van der Waals surface area (Å²) in [6.07, 6.45) is 5.71. The number of rotatable bonds is 11. The van der Waals surface area contributed by atoms with E-state index >= 15 is 0 Å². The molecule has 1 fully saturated rings. The van der Waals surface area contributed by atoms with Crippen molar-refractivity contribution in [3.63, 3.8) is 0 Å². The number of aliphatic hydroxyl groups excluding tert-OH is 1. The van der Waals surface area contributed by atoms with Gasteiger partial charge in [0.15, 0.2) is 11.5 Å². The number of ether oxygens (including phenoxy) is 4. The number of carbonyl (C=O) groups excluding carboxylic acids is 2. The minimum Gasteiger partial charge on any atom is -0.507 e. The number of hydrogen-bond donors (Lipinski definition) is 1. The summed E-state index contributed by atoms with van der Waals surface area (Å²) in [7, 11) is 4.44. The van der Waals surface area contributed by atoms with Gasteiger partial charge in [-0.1, -0.05) is 11.6 Å². The molecule has 1 aliphatic heterocycles.